The molecule has 1 unspecified atom stereocenters. The first-order valence-corrected chi connectivity index (χ1v) is 7.93. The Kier molecular flexibility index (Phi) is 5.28. The van der Waals surface area contributed by atoms with Gasteiger partial charge in [-0.2, -0.15) is 0 Å². The maximum absolute atomic E-state index is 12.3. The molecule has 4 nitrogen and oxygen atoms in total. The molecule has 1 N–H and O–H groups in total. The molecule has 0 spiro atoms. The lowest BCUT2D eigenvalue weighted by Gasteiger charge is -2.21. The number of halogens is 1. The second-order valence-corrected chi connectivity index (χ2v) is 5.78. The fraction of sp³-hybridized carbons (Fsp3) is 0.278. The zero-order valence-electron chi connectivity index (χ0n) is 12.6. The van der Waals surface area contributed by atoms with Gasteiger partial charge in [-0.05, 0) is 23.3 Å². The zero-order valence-corrected chi connectivity index (χ0v) is 13.3. The van der Waals surface area contributed by atoms with Gasteiger partial charge in [0.1, 0.15) is 0 Å². The molecule has 2 aromatic carbocycles. The van der Waals surface area contributed by atoms with Crippen LogP contribution in [0.25, 0.3) is 0 Å². The van der Waals surface area contributed by atoms with E-state index in [4.69, 9.17) is 21.1 Å². The summed E-state index contributed by atoms with van der Waals surface area (Å²) in [4.78, 5) is 12.3. The van der Waals surface area contributed by atoms with E-state index in [0.29, 0.717) is 18.2 Å². The van der Waals surface area contributed by atoms with Crippen molar-refractivity contribution in [3.05, 3.63) is 70.7 Å². The van der Waals surface area contributed by atoms with E-state index in [0.717, 1.165) is 11.1 Å². The predicted octanol–water partition coefficient (Wildman–Crippen LogP) is 3.31. The summed E-state index contributed by atoms with van der Waals surface area (Å²) in [5.41, 5.74) is 1.93. The zero-order chi connectivity index (χ0) is 16.1. The van der Waals surface area contributed by atoms with Crippen LogP contribution in [0, 0.1) is 0 Å². The number of carbonyl (C=O) groups is 1. The summed E-state index contributed by atoms with van der Waals surface area (Å²) < 4.78 is 10.7. The van der Waals surface area contributed by atoms with Gasteiger partial charge in [0.05, 0.1) is 25.7 Å². The van der Waals surface area contributed by atoms with E-state index >= 15 is 0 Å². The number of amides is 1. The summed E-state index contributed by atoms with van der Waals surface area (Å²) in [6, 6.07) is 17.0. The summed E-state index contributed by atoms with van der Waals surface area (Å²) in [5, 5.41) is 3.69. The Bertz CT molecular complexity index is 656. The van der Waals surface area contributed by atoms with Crippen molar-refractivity contribution in [2.24, 2.45) is 0 Å². The lowest BCUT2D eigenvalue weighted by molar-refractivity contribution is -0.129. The second-order valence-electron chi connectivity index (χ2n) is 5.34. The molecular weight excluding hydrogens is 314 g/mol. The monoisotopic (exact) mass is 331 g/mol. The van der Waals surface area contributed by atoms with E-state index in [9.17, 15) is 4.79 Å². The molecule has 1 aliphatic rings. The summed E-state index contributed by atoms with van der Waals surface area (Å²) in [7, 11) is 0. The second kappa shape index (κ2) is 7.59. The van der Waals surface area contributed by atoms with Crippen LogP contribution in [0.2, 0.25) is 5.02 Å². The van der Waals surface area contributed by atoms with Crippen molar-refractivity contribution in [2.75, 3.05) is 13.2 Å². The minimum atomic E-state index is -0.453. The standard InChI is InChI=1S/C18H18ClNO3/c19-15-8-4-7-14(11-15)18(13-5-2-1-3-6-13)20-16(21)12-17-22-9-10-23-17/h1-8,11,17-18H,9-10,12H2,(H,20,21). The molecule has 3 rings (SSSR count). The molecular formula is C18H18ClNO3. The molecule has 1 amide bonds. The van der Waals surface area contributed by atoms with Crippen LogP contribution in [-0.4, -0.2) is 25.4 Å². The number of ether oxygens (including phenoxy) is 2. The first kappa shape index (κ1) is 16.0. The highest BCUT2D eigenvalue weighted by Crippen LogP contribution is 2.24. The van der Waals surface area contributed by atoms with Crippen molar-refractivity contribution in [1.29, 1.82) is 0 Å². The molecule has 0 aliphatic carbocycles. The van der Waals surface area contributed by atoms with E-state index in [2.05, 4.69) is 5.32 Å². The smallest absolute Gasteiger partial charge is 0.225 e. The Morgan fingerprint density at radius 3 is 2.48 bits per heavy atom. The van der Waals surface area contributed by atoms with Gasteiger partial charge in [-0.1, -0.05) is 54.1 Å². The molecule has 0 radical (unpaired) electrons. The highest BCUT2D eigenvalue weighted by molar-refractivity contribution is 6.30. The van der Waals surface area contributed by atoms with Gasteiger partial charge >= 0.3 is 0 Å². The third-order valence-corrected chi connectivity index (χ3v) is 3.90. The fourth-order valence-electron chi connectivity index (χ4n) is 2.59. The summed E-state index contributed by atoms with van der Waals surface area (Å²) in [5.74, 6) is -0.120. The Balaban J connectivity index is 1.79. The number of benzene rings is 2. The molecule has 120 valence electrons. The third-order valence-electron chi connectivity index (χ3n) is 3.66. The molecule has 0 saturated carbocycles. The van der Waals surface area contributed by atoms with Crippen LogP contribution in [0.1, 0.15) is 23.6 Å². The van der Waals surface area contributed by atoms with Crippen LogP contribution in [0.5, 0.6) is 0 Å². The first-order chi connectivity index (χ1) is 11.2. The average Bonchev–Trinajstić information content (AvgIpc) is 3.06. The van der Waals surface area contributed by atoms with Crippen LogP contribution in [0.15, 0.2) is 54.6 Å². The molecule has 1 atom stereocenters. The van der Waals surface area contributed by atoms with Gasteiger partial charge < -0.3 is 14.8 Å². The number of rotatable bonds is 5. The SMILES string of the molecule is O=C(CC1OCCO1)NC(c1ccccc1)c1cccc(Cl)c1. The molecule has 1 aliphatic heterocycles. The molecule has 1 fully saturated rings. The van der Waals surface area contributed by atoms with E-state index < -0.39 is 6.29 Å². The van der Waals surface area contributed by atoms with Gasteiger partial charge in [-0.25, -0.2) is 0 Å². The Morgan fingerprint density at radius 1 is 1.09 bits per heavy atom. The quantitative estimate of drug-likeness (QED) is 0.914. The third kappa shape index (κ3) is 4.32. The molecule has 0 bridgehead atoms. The van der Waals surface area contributed by atoms with E-state index in [1.54, 1.807) is 0 Å². The van der Waals surface area contributed by atoms with Crippen molar-refractivity contribution in [3.63, 3.8) is 0 Å². The maximum Gasteiger partial charge on any atom is 0.225 e. The van der Waals surface area contributed by atoms with Crippen molar-refractivity contribution in [3.8, 4) is 0 Å². The molecule has 23 heavy (non-hydrogen) atoms. The van der Waals surface area contributed by atoms with E-state index in [1.165, 1.54) is 0 Å². The Hall–Kier alpha value is -1.88. The first-order valence-electron chi connectivity index (χ1n) is 7.55. The van der Waals surface area contributed by atoms with Gasteiger partial charge in [0.2, 0.25) is 5.91 Å². The van der Waals surface area contributed by atoms with E-state index in [1.807, 2.05) is 54.6 Å². The van der Waals surface area contributed by atoms with Crippen LogP contribution in [-0.2, 0) is 14.3 Å². The van der Waals surface area contributed by atoms with Crippen molar-refractivity contribution in [1.82, 2.24) is 5.32 Å². The molecule has 5 heteroatoms. The molecule has 1 heterocycles. The topological polar surface area (TPSA) is 47.6 Å². The minimum Gasteiger partial charge on any atom is -0.350 e. The lowest BCUT2D eigenvalue weighted by Crippen LogP contribution is -2.32. The molecule has 2 aromatic rings. The lowest BCUT2D eigenvalue weighted by atomic mass is 9.98. The minimum absolute atomic E-state index is 0.120. The van der Waals surface area contributed by atoms with Crippen molar-refractivity contribution >= 4 is 17.5 Å². The van der Waals surface area contributed by atoms with Crippen molar-refractivity contribution < 1.29 is 14.3 Å². The van der Waals surface area contributed by atoms with Gasteiger partial charge in [0.25, 0.3) is 0 Å². The van der Waals surface area contributed by atoms with Gasteiger partial charge in [0.15, 0.2) is 6.29 Å². The van der Waals surface area contributed by atoms with Crippen LogP contribution < -0.4 is 5.32 Å². The Morgan fingerprint density at radius 2 is 1.78 bits per heavy atom. The van der Waals surface area contributed by atoms with E-state index in [-0.39, 0.29) is 18.4 Å². The molecule has 1 saturated heterocycles. The summed E-state index contributed by atoms with van der Waals surface area (Å²) >= 11 is 6.10. The summed E-state index contributed by atoms with van der Waals surface area (Å²) in [6.07, 6.45) is -0.269. The predicted molar refractivity (Wildman–Crippen MR) is 88.2 cm³/mol. The largest absolute Gasteiger partial charge is 0.350 e. The van der Waals surface area contributed by atoms with Gasteiger partial charge in [0, 0.05) is 5.02 Å². The van der Waals surface area contributed by atoms with Crippen molar-refractivity contribution in [2.45, 2.75) is 18.8 Å². The van der Waals surface area contributed by atoms with Crippen LogP contribution in [0.3, 0.4) is 0 Å². The van der Waals surface area contributed by atoms with Gasteiger partial charge in [-0.15, -0.1) is 0 Å². The maximum atomic E-state index is 12.3. The number of carbonyl (C=O) groups excluding carboxylic acids is 1. The number of nitrogens with one attached hydrogen (secondary N) is 1. The Labute approximate surface area is 140 Å². The van der Waals surface area contributed by atoms with Crippen LogP contribution >= 0.6 is 11.6 Å². The molecule has 0 aromatic heterocycles. The summed E-state index contributed by atoms with van der Waals surface area (Å²) in [6.45, 7) is 1.07. The highest BCUT2D eigenvalue weighted by atomic mass is 35.5. The number of hydrogen-bond acceptors (Lipinski definition) is 3. The van der Waals surface area contributed by atoms with Gasteiger partial charge in [-0.3, -0.25) is 4.79 Å². The normalized spacial score (nSPS) is 16.2. The number of hydrogen-bond donors (Lipinski definition) is 1. The fourth-order valence-corrected chi connectivity index (χ4v) is 2.79. The highest BCUT2D eigenvalue weighted by Gasteiger charge is 2.23. The van der Waals surface area contributed by atoms with Crippen LogP contribution in [0.4, 0.5) is 0 Å². The average molecular weight is 332 g/mol.